The zero-order valence-corrected chi connectivity index (χ0v) is 22.1. The number of hydrogen-bond donors (Lipinski definition) is 1. The highest BCUT2D eigenvalue weighted by Crippen LogP contribution is 2.63. The largest absolute Gasteiger partial charge is 0.344 e. The van der Waals surface area contributed by atoms with Gasteiger partial charge in [0.05, 0.1) is 34.1 Å². The summed E-state index contributed by atoms with van der Waals surface area (Å²) in [5, 5.41) is 4.36. The van der Waals surface area contributed by atoms with E-state index in [1.54, 1.807) is 18.5 Å². The summed E-state index contributed by atoms with van der Waals surface area (Å²) >= 11 is 8.01. The Morgan fingerprint density at radius 3 is 2.70 bits per heavy atom. The van der Waals surface area contributed by atoms with E-state index in [9.17, 15) is 9.59 Å². The van der Waals surface area contributed by atoms with Crippen LogP contribution in [0.1, 0.15) is 25.1 Å². The molecule has 3 atom stereocenters. The Morgan fingerprint density at radius 2 is 1.97 bits per heavy atom. The number of likely N-dealkylation sites (tertiary alicyclic amines) is 1. The lowest BCUT2D eigenvalue weighted by atomic mass is 10.0. The van der Waals surface area contributed by atoms with Gasteiger partial charge in [-0.2, -0.15) is 0 Å². The quantitative estimate of drug-likeness (QED) is 0.344. The average Bonchev–Trinajstić information content (AvgIpc) is 3.40. The average molecular weight is 537 g/mol. The second-order valence-corrected chi connectivity index (χ2v) is 12.7. The number of carbonyl (C=O) groups is 2. The van der Waals surface area contributed by atoms with Gasteiger partial charge in [0.2, 0.25) is 11.8 Å². The van der Waals surface area contributed by atoms with E-state index in [0.717, 1.165) is 57.8 Å². The van der Waals surface area contributed by atoms with Crippen LogP contribution < -0.4 is 5.32 Å². The number of piperidine rings is 1. The maximum atomic E-state index is 15.1. The fourth-order valence-corrected chi connectivity index (χ4v) is 7.80. The standard InChI is InChI=1S/C28H26ClFN4O2S/c1-28(2)22-23(28)27(36)34(26(22)35)12-16-9-21-25(37-16)17(4-6-32-21)18-7-15(29)8-19-20(30)13-33(24(18)19)11-14-3-5-31-10-14/h4,6-9,13-14,22-23,31H,3,5,10-12H2,1-2H3. The molecule has 5 heterocycles. The van der Waals surface area contributed by atoms with Crippen molar-refractivity contribution in [3.05, 3.63) is 52.4 Å². The highest BCUT2D eigenvalue weighted by molar-refractivity contribution is 7.19. The molecule has 0 bridgehead atoms. The number of carbonyl (C=O) groups excluding carboxylic acids is 2. The molecule has 2 saturated heterocycles. The number of hydrogen-bond acceptors (Lipinski definition) is 5. The summed E-state index contributed by atoms with van der Waals surface area (Å²) in [5.74, 6) is -0.375. The van der Waals surface area contributed by atoms with Crippen molar-refractivity contribution in [3.8, 4) is 11.1 Å². The van der Waals surface area contributed by atoms with Gasteiger partial charge in [-0.05, 0) is 55.1 Å². The van der Waals surface area contributed by atoms with Crippen molar-refractivity contribution in [2.24, 2.45) is 23.2 Å². The van der Waals surface area contributed by atoms with Crippen LogP contribution in [0.3, 0.4) is 0 Å². The molecule has 1 aromatic carbocycles. The zero-order valence-electron chi connectivity index (χ0n) is 20.6. The predicted molar refractivity (Wildman–Crippen MR) is 143 cm³/mol. The smallest absolute Gasteiger partial charge is 0.234 e. The normalized spacial score (nSPS) is 24.5. The number of pyridine rings is 1. The molecule has 1 N–H and O–H groups in total. The number of halogens is 2. The van der Waals surface area contributed by atoms with Crippen LogP contribution in [0.4, 0.5) is 4.39 Å². The molecule has 7 rings (SSSR count). The summed E-state index contributed by atoms with van der Waals surface area (Å²) in [7, 11) is 0. The number of nitrogens with one attached hydrogen (secondary N) is 1. The monoisotopic (exact) mass is 536 g/mol. The van der Waals surface area contributed by atoms with Crippen LogP contribution in [0.15, 0.2) is 36.7 Å². The van der Waals surface area contributed by atoms with Gasteiger partial charge in [0.1, 0.15) is 5.82 Å². The van der Waals surface area contributed by atoms with Crippen LogP contribution in [-0.4, -0.2) is 39.4 Å². The fourth-order valence-electron chi connectivity index (χ4n) is 6.45. The van der Waals surface area contributed by atoms with Crippen molar-refractivity contribution in [2.75, 3.05) is 13.1 Å². The topological polar surface area (TPSA) is 67.2 Å². The van der Waals surface area contributed by atoms with E-state index < -0.39 is 0 Å². The number of nitrogens with zero attached hydrogens (tertiary/aromatic N) is 3. The van der Waals surface area contributed by atoms with Gasteiger partial charge in [-0.1, -0.05) is 25.4 Å². The number of fused-ring (bicyclic) bond motifs is 3. The minimum atomic E-state index is -0.283. The molecule has 37 heavy (non-hydrogen) atoms. The van der Waals surface area contributed by atoms with E-state index in [4.69, 9.17) is 11.6 Å². The summed E-state index contributed by atoms with van der Waals surface area (Å²) in [6.07, 6.45) is 4.39. The number of benzene rings is 1. The van der Waals surface area contributed by atoms with E-state index in [0.29, 0.717) is 16.3 Å². The first-order chi connectivity index (χ1) is 17.7. The Bertz CT molecular complexity index is 1600. The van der Waals surface area contributed by atoms with Crippen molar-refractivity contribution in [1.29, 1.82) is 0 Å². The minimum Gasteiger partial charge on any atom is -0.344 e. The highest BCUT2D eigenvalue weighted by Gasteiger charge is 2.72. The lowest BCUT2D eigenvalue weighted by molar-refractivity contribution is -0.143. The molecule has 0 spiro atoms. The summed E-state index contributed by atoms with van der Waals surface area (Å²) in [6, 6.07) is 7.47. The summed E-state index contributed by atoms with van der Waals surface area (Å²) in [4.78, 5) is 32.6. The predicted octanol–water partition coefficient (Wildman–Crippen LogP) is 5.46. The molecule has 3 aliphatic rings. The lowest BCUT2D eigenvalue weighted by Gasteiger charge is -2.19. The molecule has 3 fully saturated rings. The van der Waals surface area contributed by atoms with E-state index in [2.05, 4.69) is 10.3 Å². The van der Waals surface area contributed by atoms with Gasteiger partial charge >= 0.3 is 0 Å². The van der Waals surface area contributed by atoms with Gasteiger partial charge in [0.15, 0.2) is 0 Å². The van der Waals surface area contributed by atoms with Gasteiger partial charge < -0.3 is 9.88 Å². The Morgan fingerprint density at radius 1 is 1.19 bits per heavy atom. The fraction of sp³-hybridized carbons (Fsp3) is 0.393. The first kappa shape index (κ1) is 23.3. The van der Waals surface area contributed by atoms with Gasteiger partial charge in [0.25, 0.3) is 0 Å². The molecule has 3 unspecified atom stereocenters. The number of imide groups is 1. The Hall–Kier alpha value is -2.81. The first-order valence-corrected chi connectivity index (χ1v) is 13.8. The van der Waals surface area contributed by atoms with Gasteiger partial charge in [0, 0.05) is 45.4 Å². The number of amides is 2. The molecule has 0 radical (unpaired) electrons. The molecule has 1 saturated carbocycles. The minimum absolute atomic E-state index is 0.0723. The van der Waals surface area contributed by atoms with Crippen molar-refractivity contribution < 1.29 is 14.0 Å². The Kier molecular flexibility index (Phi) is 5.10. The van der Waals surface area contributed by atoms with Gasteiger partial charge in [-0.3, -0.25) is 19.5 Å². The van der Waals surface area contributed by atoms with Crippen LogP contribution in [0.25, 0.3) is 32.2 Å². The van der Waals surface area contributed by atoms with Crippen molar-refractivity contribution in [3.63, 3.8) is 0 Å². The number of aromatic nitrogens is 2. The van der Waals surface area contributed by atoms with E-state index in [-0.39, 0.29) is 41.4 Å². The van der Waals surface area contributed by atoms with Crippen LogP contribution in [0, 0.1) is 29.0 Å². The highest BCUT2D eigenvalue weighted by atomic mass is 35.5. The van der Waals surface area contributed by atoms with Crippen LogP contribution in [0.2, 0.25) is 5.02 Å². The number of rotatable bonds is 5. The molecule has 2 aliphatic heterocycles. The molecule has 6 nitrogen and oxygen atoms in total. The first-order valence-electron chi connectivity index (χ1n) is 12.7. The van der Waals surface area contributed by atoms with E-state index in [1.165, 1.54) is 16.2 Å². The second-order valence-electron chi connectivity index (χ2n) is 11.2. The van der Waals surface area contributed by atoms with Crippen molar-refractivity contribution in [1.82, 2.24) is 19.8 Å². The molecule has 190 valence electrons. The van der Waals surface area contributed by atoms with Crippen LogP contribution in [0.5, 0.6) is 0 Å². The zero-order chi connectivity index (χ0) is 25.6. The van der Waals surface area contributed by atoms with Gasteiger partial charge in [-0.25, -0.2) is 4.39 Å². The molecular formula is C28H26ClFN4O2S. The molecule has 2 amide bonds. The van der Waals surface area contributed by atoms with Crippen molar-refractivity contribution in [2.45, 2.75) is 33.4 Å². The van der Waals surface area contributed by atoms with Crippen LogP contribution >= 0.6 is 22.9 Å². The van der Waals surface area contributed by atoms with Crippen LogP contribution in [-0.2, 0) is 22.7 Å². The SMILES string of the molecule is CC1(C)C2C(=O)N(Cc3cc4nccc(-c5cc(Cl)cc6c(F)cn(CC7CCNC7)c56)c4s3)C(=O)C21. The summed E-state index contributed by atoms with van der Waals surface area (Å²) < 4.78 is 18.0. The van der Waals surface area contributed by atoms with E-state index in [1.807, 2.05) is 36.6 Å². The lowest BCUT2D eigenvalue weighted by Crippen LogP contribution is -2.35. The third-order valence-corrected chi connectivity index (χ3v) is 9.82. The summed E-state index contributed by atoms with van der Waals surface area (Å²) in [6.45, 7) is 6.85. The van der Waals surface area contributed by atoms with E-state index >= 15 is 4.39 Å². The Balaban J connectivity index is 1.30. The maximum absolute atomic E-state index is 15.1. The molecule has 1 aliphatic carbocycles. The summed E-state index contributed by atoms with van der Waals surface area (Å²) in [5.41, 5.74) is 3.16. The molecule has 9 heteroatoms. The third kappa shape index (κ3) is 3.49. The molecular weight excluding hydrogens is 511 g/mol. The molecule has 3 aromatic heterocycles. The van der Waals surface area contributed by atoms with Gasteiger partial charge in [-0.15, -0.1) is 11.3 Å². The molecule has 4 aromatic rings. The Labute approximate surface area is 222 Å². The van der Waals surface area contributed by atoms with Crippen molar-refractivity contribution >= 4 is 55.9 Å². The third-order valence-electron chi connectivity index (χ3n) is 8.46. The number of thiophene rings is 1. The maximum Gasteiger partial charge on any atom is 0.234 e. The second kappa shape index (κ2) is 8.09.